The summed E-state index contributed by atoms with van der Waals surface area (Å²) in [6, 6.07) is 11.0. The highest BCUT2D eigenvalue weighted by Gasteiger charge is 2.20. The van der Waals surface area contributed by atoms with Crippen LogP contribution in [0, 0.1) is 6.92 Å². The Bertz CT molecular complexity index is 757. The van der Waals surface area contributed by atoms with E-state index in [1.807, 2.05) is 45.0 Å². The highest BCUT2D eigenvalue weighted by atomic mass is 16.5. The molecule has 6 nitrogen and oxygen atoms in total. The number of nitrogens with zero attached hydrogens (tertiary/aromatic N) is 2. The van der Waals surface area contributed by atoms with Crippen LogP contribution in [0.4, 0.5) is 0 Å². The lowest BCUT2D eigenvalue weighted by molar-refractivity contribution is -0.141. The summed E-state index contributed by atoms with van der Waals surface area (Å²) in [5, 5.41) is 0. The maximum atomic E-state index is 12.9. The van der Waals surface area contributed by atoms with Crippen LogP contribution in [0.5, 0.6) is 5.88 Å². The number of carbonyl (C=O) groups is 2. The van der Waals surface area contributed by atoms with Gasteiger partial charge in [-0.05, 0) is 38.0 Å². The standard InChI is InChI=1S/C20H24N2O4/c1-14(2)26-18-10-9-16(11-21-18)20(24)22(13-19(23)25-4)12-17-8-6-5-7-15(17)3/h5-11,14H,12-13H2,1-4H3. The number of amides is 1. The fraction of sp³-hybridized carbons (Fsp3) is 0.350. The van der Waals surface area contributed by atoms with E-state index < -0.39 is 5.97 Å². The molecule has 1 amide bonds. The minimum Gasteiger partial charge on any atom is -0.475 e. The maximum absolute atomic E-state index is 12.9. The first kappa shape index (κ1) is 19.4. The Kier molecular flexibility index (Phi) is 6.72. The third kappa shape index (κ3) is 5.31. The number of aryl methyl sites for hydroxylation is 1. The van der Waals surface area contributed by atoms with Gasteiger partial charge in [0.1, 0.15) is 6.54 Å². The molecule has 0 bridgehead atoms. The molecule has 0 unspecified atom stereocenters. The summed E-state index contributed by atoms with van der Waals surface area (Å²) in [4.78, 5) is 30.3. The predicted molar refractivity (Wildman–Crippen MR) is 97.9 cm³/mol. The van der Waals surface area contributed by atoms with Gasteiger partial charge in [-0.15, -0.1) is 0 Å². The first-order valence-electron chi connectivity index (χ1n) is 8.44. The van der Waals surface area contributed by atoms with E-state index in [4.69, 9.17) is 9.47 Å². The van der Waals surface area contributed by atoms with Gasteiger partial charge in [-0.25, -0.2) is 4.98 Å². The molecular formula is C20H24N2O4. The Morgan fingerprint density at radius 1 is 1.15 bits per heavy atom. The van der Waals surface area contributed by atoms with Crippen molar-refractivity contribution in [3.05, 3.63) is 59.3 Å². The van der Waals surface area contributed by atoms with Crippen LogP contribution in [0.15, 0.2) is 42.6 Å². The van der Waals surface area contributed by atoms with Gasteiger partial charge in [0.15, 0.2) is 0 Å². The van der Waals surface area contributed by atoms with Crippen molar-refractivity contribution in [2.24, 2.45) is 0 Å². The Balaban J connectivity index is 2.22. The number of benzene rings is 1. The molecule has 2 aromatic rings. The number of esters is 1. The summed E-state index contributed by atoms with van der Waals surface area (Å²) < 4.78 is 10.2. The van der Waals surface area contributed by atoms with E-state index in [0.29, 0.717) is 18.0 Å². The van der Waals surface area contributed by atoms with E-state index in [1.165, 1.54) is 18.2 Å². The van der Waals surface area contributed by atoms with Gasteiger partial charge in [0.05, 0.1) is 18.8 Å². The number of methoxy groups -OCH3 is 1. The Labute approximate surface area is 153 Å². The summed E-state index contributed by atoms with van der Waals surface area (Å²) in [6.07, 6.45) is 1.46. The second kappa shape index (κ2) is 8.99. The fourth-order valence-electron chi connectivity index (χ4n) is 2.41. The highest BCUT2D eigenvalue weighted by Crippen LogP contribution is 2.15. The lowest BCUT2D eigenvalue weighted by Crippen LogP contribution is -2.36. The molecule has 0 saturated carbocycles. The van der Waals surface area contributed by atoms with Crippen molar-refractivity contribution in [2.45, 2.75) is 33.4 Å². The van der Waals surface area contributed by atoms with E-state index >= 15 is 0 Å². The number of hydrogen-bond acceptors (Lipinski definition) is 5. The zero-order valence-corrected chi connectivity index (χ0v) is 15.6. The van der Waals surface area contributed by atoms with Crippen molar-refractivity contribution in [1.82, 2.24) is 9.88 Å². The summed E-state index contributed by atoms with van der Waals surface area (Å²) >= 11 is 0. The van der Waals surface area contributed by atoms with Gasteiger partial charge in [0.2, 0.25) is 5.88 Å². The average molecular weight is 356 g/mol. The fourth-order valence-corrected chi connectivity index (χ4v) is 2.41. The van der Waals surface area contributed by atoms with Gasteiger partial charge in [-0.1, -0.05) is 24.3 Å². The number of hydrogen-bond donors (Lipinski definition) is 0. The minimum absolute atomic E-state index is 0.000861. The van der Waals surface area contributed by atoms with Gasteiger partial charge in [0.25, 0.3) is 5.91 Å². The number of ether oxygens (including phenoxy) is 2. The predicted octanol–water partition coefficient (Wildman–Crippen LogP) is 2.99. The molecule has 2 rings (SSSR count). The first-order chi connectivity index (χ1) is 12.4. The second-order valence-corrected chi connectivity index (χ2v) is 6.22. The average Bonchev–Trinajstić information content (AvgIpc) is 2.62. The summed E-state index contributed by atoms with van der Waals surface area (Å²) in [7, 11) is 1.30. The van der Waals surface area contributed by atoms with Crippen molar-refractivity contribution >= 4 is 11.9 Å². The second-order valence-electron chi connectivity index (χ2n) is 6.22. The lowest BCUT2D eigenvalue weighted by Gasteiger charge is -2.22. The van der Waals surface area contributed by atoms with Gasteiger partial charge in [-0.3, -0.25) is 9.59 Å². The quantitative estimate of drug-likeness (QED) is 0.714. The largest absolute Gasteiger partial charge is 0.475 e. The molecule has 1 aromatic carbocycles. The Morgan fingerprint density at radius 2 is 1.88 bits per heavy atom. The summed E-state index contributed by atoms with van der Waals surface area (Å²) in [5.74, 6) is -0.308. The van der Waals surface area contributed by atoms with Crippen molar-refractivity contribution in [3.8, 4) is 5.88 Å². The van der Waals surface area contributed by atoms with Crippen LogP contribution in [-0.4, -0.2) is 41.5 Å². The molecule has 6 heteroatoms. The van der Waals surface area contributed by atoms with Gasteiger partial charge in [-0.2, -0.15) is 0 Å². The van der Waals surface area contributed by atoms with Crippen LogP contribution >= 0.6 is 0 Å². The molecule has 0 saturated heterocycles. The third-order valence-corrected chi connectivity index (χ3v) is 3.80. The van der Waals surface area contributed by atoms with Crippen molar-refractivity contribution in [2.75, 3.05) is 13.7 Å². The molecule has 0 atom stereocenters. The van der Waals surface area contributed by atoms with Crippen molar-refractivity contribution < 1.29 is 19.1 Å². The molecule has 138 valence electrons. The topological polar surface area (TPSA) is 68.7 Å². The van der Waals surface area contributed by atoms with Crippen LogP contribution in [0.3, 0.4) is 0 Å². The third-order valence-electron chi connectivity index (χ3n) is 3.80. The molecule has 0 N–H and O–H groups in total. The zero-order valence-electron chi connectivity index (χ0n) is 15.6. The number of carbonyl (C=O) groups excluding carboxylic acids is 2. The van der Waals surface area contributed by atoms with Crippen LogP contribution in [0.2, 0.25) is 0 Å². The molecule has 26 heavy (non-hydrogen) atoms. The molecule has 0 aliphatic carbocycles. The van der Waals surface area contributed by atoms with Crippen LogP contribution in [0.1, 0.15) is 35.3 Å². The van der Waals surface area contributed by atoms with E-state index in [9.17, 15) is 9.59 Å². The number of rotatable bonds is 7. The lowest BCUT2D eigenvalue weighted by atomic mass is 10.1. The molecular weight excluding hydrogens is 332 g/mol. The van der Waals surface area contributed by atoms with Gasteiger partial charge < -0.3 is 14.4 Å². The zero-order chi connectivity index (χ0) is 19.1. The summed E-state index contributed by atoms with van der Waals surface area (Å²) in [6.45, 7) is 5.95. The Hall–Kier alpha value is -2.89. The smallest absolute Gasteiger partial charge is 0.325 e. The van der Waals surface area contributed by atoms with Crippen molar-refractivity contribution in [1.29, 1.82) is 0 Å². The van der Waals surface area contributed by atoms with E-state index in [0.717, 1.165) is 11.1 Å². The van der Waals surface area contributed by atoms with Crippen LogP contribution in [-0.2, 0) is 16.1 Å². The van der Waals surface area contributed by atoms with E-state index in [-0.39, 0.29) is 18.6 Å². The van der Waals surface area contributed by atoms with Crippen LogP contribution < -0.4 is 4.74 Å². The van der Waals surface area contributed by atoms with E-state index in [2.05, 4.69) is 4.98 Å². The molecule has 1 heterocycles. The molecule has 1 aromatic heterocycles. The summed E-state index contributed by atoms with van der Waals surface area (Å²) in [5.41, 5.74) is 2.41. The number of aromatic nitrogens is 1. The monoisotopic (exact) mass is 356 g/mol. The normalized spacial score (nSPS) is 10.5. The van der Waals surface area contributed by atoms with Crippen LogP contribution in [0.25, 0.3) is 0 Å². The van der Waals surface area contributed by atoms with Gasteiger partial charge in [0, 0.05) is 18.8 Å². The van der Waals surface area contributed by atoms with Crippen molar-refractivity contribution in [3.63, 3.8) is 0 Å². The molecule has 0 aliphatic rings. The highest BCUT2D eigenvalue weighted by molar-refractivity contribution is 5.95. The van der Waals surface area contributed by atoms with Gasteiger partial charge >= 0.3 is 5.97 Å². The molecule has 0 aliphatic heterocycles. The first-order valence-corrected chi connectivity index (χ1v) is 8.44. The van der Waals surface area contributed by atoms with E-state index in [1.54, 1.807) is 12.1 Å². The minimum atomic E-state index is -0.473. The molecule has 0 radical (unpaired) electrons. The SMILES string of the molecule is COC(=O)CN(Cc1ccccc1C)C(=O)c1ccc(OC(C)C)nc1. The number of pyridine rings is 1. The maximum Gasteiger partial charge on any atom is 0.325 e. The Morgan fingerprint density at radius 3 is 2.46 bits per heavy atom. The molecule has 0 spiro atoms. The molecule has 0 fully saturated rings.